The molecule has 8 nitrogen and oxygen atoms in total. The van der Waals surface area contributed by atoms with Gasteiger partial charge in [0.15, 0.2) is 5.82 Å². The molecular weight excluding hydrogens is 354 g/mol. The topological polar surface area (TPSA) is 90.5 Å². The number of fused-ring (bicyclic) bond motifs is 1. The van der Waals surface area contributed by atoms with Crippen LogP contribution in [0.1, 0.15) is 18.4 Å². The zero-order valence-electron chi connectivity index (χ0n) is 15.2. The number of tetrazole rings is 1. The third-order valence-electron chi connectivity index (χ3n) is 4.96. The standard InChI is InChI=1S/C20H19N7O/c28-19(11-14-7-9-16(10-8-14)27-13-21-24-25-27)22-20-17-3-1-2-4-18(17)26(23-20)12-15-5-6-15/h1-4,7-10,13,15H,5-6,11-12H2,(H,22,23,28). The summed E-state index contributed by atoms with van der Waals surface area (Å²) < 4.78 is 3.59. The van der Waals surface area contributed by atoms with Gasteiger partial charge >= 0.3 is 0 Å². The van der Waals surface area contributed by atoms with Crippen LogP contribution in [0.5, 0.6) is 0 Å². The van der Waals surface area contributed by atoms with Crippen LogP contribution < -0.4 is 5.32 Å². The molecule has 2 heterocycles. The molecule has 0 radical (unpaired) electrons. The van der Waals surface area contributed by atoms with Gasteiger partial charge in [0.05, 0.1) is 17.6 Å². The Labute approximate surface area is 161 Å². The van der Waals surface area contributed by atoms with E-state index in [1.165, 1.54) is 19.2 Å². The average molecular weight is 373 g/mol. The van der Waals surface area contributed by atoms with Gasteiger partial charge in [0.2, 0.25) is 5.91 Å². The number of carbonyl (C=O) groups excluding carboxylic acids is 1. The summed E-state index contributed by atoms with van der Waals surface area (Å²) >= 11 is 0. The van der Waals surface area contributed by atoms with Gasteiger partial charge in [-0.2, -0.15) is 5.10 Å². The second-order valence-electron chi connectivity index (χ2n) is 7.14. The zero-order chi connectivity index (χ0) is 18.9. The first-order chi connectivity index (χ1) is 13.8. The van der Waals surface area contributed by atoms with Gasteiger partial charge in [-0.05, 0) is 59.0 Å². The van der Waals surface area contributed by atoms with Crippen molar-refractivity contribution in [3.63, 3.8) is 0 Å². The van der Waals surface area contributed by atoms with Crippen molar-refractivity contribution < 1.29 is 4.79 Å². The predicted octanol–water partition coefficient (Wildman–Crippen LogP) is 2.60. The largest absolute Gasteiger partial charge is 0.308 e. The van der Waals surface area contributed by atoms with Gasteiger partial charge in [-0.3, -0.25) is 9.48 Å². The van der Waals surface area contributed by atoms with Gasteiger partial charge in [0.1, 0.15) is 6.33 Å². The molecule has 140 valence electrons. The number of amides is 1. The lowest BCUT2D eigenvalue weighted by Crippen LogP contribution is -2.15. The molecule has 1 amide bonds. The van der Waals surface area contributed by atoms with Crippen molar-refractivity contribution in [1.82, 2.24) is 30.0 Å². The summed E-state index contributed by atoms with van der Waals surface area (Å²) in [5.41, 5.74) is 2.82. The molecular formula is C20H19N7O. The lowest BCUT2D eigenvalue weighted by Gasteiger charge is -2.05. The van der Waals surface area contributed by atoms with Gasteiger partial charge in [-0.1, -0.05) is 24.3 Å². The Kier molecular flexibility index (Phi) is 4.08. The lowest BCUT2D eigenvalue weighted by molar-refractivity contribution is -0.115. The molecule has 0 bridgehead atoms. The number of hydrogen-bond donors (Lipinski definition) is 1. The predicted molar refractivity (Wildman–Crippen MR) is 104 cm³/mol. The number of rotatable bonds is 6. The molecule has 1 saturated carbocycles. The number of para-hydroxylation sites is 1. The van der Waals surface area contributed by atoms with E-state index < -0.39 is 0 Å². The van der Waals surface area contributed by atoms with Gasteiger partial charge in [0.25, 0.3) is 0 Å². The van der Waals surface area contributed by atoms with E-state index in [1.807, 2.05) is 47.1 Å². The number of carbonyl (C=O) groups is 1. The monoisotopic (exact) mass is 373 g/mol. The quantitative estimate of drug-likeness (QED) is 0.561. The van der Waals surface area contributed by atoms with Crippen molar-refractivity contribution in [3.05, 3.63) is 60.4 Å². The van der Waals surface area contributed by atoms with Crippen molar-refractivity contribution >= 4 is 22.6 Å². The summed E-state index contributed by atoms with van der Waals surface area (Å²) in [6, 6.07) is 15.6. The molecule has 8 heteroatoms. The number of hydrogen-bond acceptors (Lipinski definition) is 5. The van der Waals surface area contributed by atoms with Crippen molar-refractivity contribution in [2.24, 2.45) is 5.92 Å². The average Bonchev–Trinajstić information content (AvgIpc) is 3.23. The number of benzene rings is 2. The summed E-state index contributed by atoms with van der Waals surface area (Å²) in [6.07, 6.45) is 4.33. The number of aromatic nitrogens is 6. The minimum atomic E-state index is -0.0861. The minimum absolute atomic E-state index is 0.0861. The summed E-state index contributed by atoms with van der Waals surface area (Å²) in [6.45, 7) is 0.912. The summed E-state index contributed by atoms with van der Waals surface area (Å²) in [5, 5.41) is 19.7. The molecule has 2 aromatic carbocycles. The van der Waals surface area contributed by atoms with E-state index >= 15 is 0 Å². The molecule has 0 spiro atoms. The highest BCUT2D eigenvalue weighted by atomic mass is 16.1. The number of anilines is 1. The van der Waals surface area contributed by atoms with E-state index in [2.05, 4.69) is 32.0 Å². The lowest BCUT2D eigenvalue weighted by atomic mass is 10.1. The molecule has 1 fully saturated rings. The van der Waals surface area contributed by atoms with Crippen LogP contribution in [0, 0.1) is 5.92 Å². The highest BCUT2D eigenvalue weighted by Gasteiger charge is 2.24. The highest BCUT2D eigenvalue weighted by Crippen LogP contribution is 2.32. The second-order valence-corrected chi connectivity index (χ2v) is 7.14. The molecule has 4 aromatic rings. The van der Waals surface area contributed by atoms with Gasteiger partial charge in [-0.15, -0.1) is 5.10 Å². The first kappa shape index (κ1) is 16.6. The Morgan fingerprint density at radius 2 is 1.93 bits per heavy atom. The van der Waals surface area contributed by atoms with Crippen LogP contribution in [0.2, 0.25) is 0 Å². The van der Waals surface area contributed by atoms with Crippen molar-refractivity contribution in [2.75, 3.05) is 5.32 Å². The Morgan fingerprint density at radius 1 is 1.11 bits per heavy atom. The summed E-state index contributed by atoms with van der Waals surface area (Å²) in [4.78, 5) is 12.6. The molecule has 0 saturated heterocycles. The van der Waals surface area contributed by atoms with Crippen LogP contribution >= 0.6 is 0 Å². The molecule has 28 heavy (non-hydrogen) atoms. The Balaban J connectivity index is 1.31. The minimum Gasteiger partial charge on any atom is -0.308 e. The van der Waals surface area contributed by atoms with Crippen LogP contribution in [-0.4, -0.2) is 35.9 Å². The number of nitrogens with zero attached hydrogens (tertiary/aromatic N) is 6. The maximum Gasteiger partial charge on any atom is 0.230 e. The maximum atomic E-state index is 12.6. The first-order valence-electron chi connectivity index (χ1n) is 9.34. The van der Waals surface area contributed by atoms with Gasteiger partial charge < -0.3 is 5.32 Å². The Bertz CT molecular complexity index is 1110. The molecule has 1 aliphatic carbocycles. The maximum absolute atomic E-state index is 12.6. The molecule has 0 atom stereocenters. The van der Waals surface area contributed by atoms with E-state index in [1.54, 1.807) is 4.68 Å². The van der Waals surface area contributed by atoms with E-state index in [4.69, 9.17) is 0 Å². The number of nitrogens with one attached hydrogen (secondary N) is 1. The fraction of sp³-hybridized carbons (Fsp3) is 0.250. The second kappa shape index (κ2) is 6.88. The SMILES string of the molecule is O=C(Cc1ccc(-n2cnnn2)cc1)Nc1nn(CC2CC2)c2ccccc12. The zero-order valence-corrected chi connectivity index (χ0v) is 15.2. The van der Waals surface area contributed by atoms with Gasteiger partial charge in [-0.25, -0.2) is 4.68 Å². The summed E-state index contributed by atoms with van der Waals surface area (Å²) in [7, 11) is 0. The molecule has 1 aliphatic rings. The smallest absolute Gasteiger partial charge is 0.230 e. The first-order valence-corrected chi connectivity index (χ1v) is 9.34. The van der Waals surface area contributed by atoms with Gasteiger partial charge in [0, 0.05) is 11.9 Å². The van der Waals surface area contributed by atoms with E-state index in [-0.39, 0.29) is 12.3 Å². The summed E-state index contributed by atoms with van der Waals surface area (Å²) in [5.74, 6) is 1.26. The van der Waals surface area contributed by atoms with Crippen LogP contribution in [0.3, 0.4) is 0 Å². The Hall–Kier alpha value is -3.55. The van der Waals surface area contributed by atoms with Crippen LogP contribution in [0.4, 0.5) is 5.82 Å². The van der Waals surface area contributed by atoms with Crippen LogP contribution in [0.15, 0.2) is 54.9 Å². The van der Waals surface area contributed by atoms with Crippen molar-refractivity contribution in [3.8, 4) is 5.69 Å². The molecule has 0 unspecified atom stereocenters. The third kappa shape index (κ3) is 3.36. The normalized spacial score (nSPS) is 13.7. The fourth-order valence-electron chi connectivity index (χ4n) is 3.31. The van der Waals surface area contributed by atoms with Crippen LogP contribution in [-0.2, 0) is 17.8 Å². The molecule has 5 rings (SSSR count). The van der Waals surface area contributed by atoms with E-state index in [9.17, 15) is 4.79 Å². The fourth-order valence-corrected chi connectivity index (χ4v) is 3.31. The molecule has 1 N–H and O–H groups in total. The van der Waals surface area contributed by atoms with E-state index in [0.29, 0.717) is 11.7 Å². The molecule has 2 aromatic heterocycles. The third-order valence-corrected chi connectivity index (χ3v) is 4.96. The molecule has 0 aliphatic heterocycles. The van der Waals surface area contributed by atoms with Crippen molar-refractivity contribution in [1.29, 1.82) is 0 Å². The van der Waals surface area contributed by atoms with Crippen LogP contribution in [0.25, 0.3) is 16.6 Å². The highest BCUT2D eigenvalue weighted by molar-refractivity contribution is 6.00. The van der Waals surface area contributed by atoms with Crippen molar-refractivity contribution in [2.45, 2.75) is 25.8 Å². The van der Waals surface area contributed by atoms with E-state index in [0.717, 1.165) is 28.7 Å². The Morgan fingerprint density at radius 3 is 2.68 bits per heavy atom.